The first kappa shape index (κ1) is 13.9. The van der Waals surface area contributed by atoms with Gasteiger partial charge in [-0.1, -0.05) is 12.1 Å². The third-order valence-electron chi connectivity index (χ3n) is 2.40. The van der Waals surface area contributed by atoms with Crippen LogP contribution in [0.2, 0.25) is 0 Å². The van der Waals surface area contributed by atoms with Gasteiger partial charge in [-0.3, -0.25) is 0 Å². The zero-order valence-electron chi connectivity index (χ0n) is 9.82. The fourth-order valence-corrected chi connectivity index (χ4v) is 1.47. The predicted octanol–water partition coefficient (Wildman–Crippen LogP) is 1.02. The quantitative estimate of drug-likeness (QED) is 0.626. The first-order chi connectivity index (χ1) is 8.15. The summed E-state index contributed by atoms with van der Waals surface area (Å²) in [4.78, 5) is 0. The minimum Gasteiger partial charge on any atom is -0.505 e. The molecule has 96 valence electrons. The largest absolute Gasteiger partial charge is 0.505 e. The maximum Gasteiger partial charge on any atom is 0.165 e. The number of aromatic hydroxyl groups is 1. The first-order valence-corrected chi connectivity index (χ1v) is 5.49. The summed E-state index contributed by atoms with van der Waals surface area (Å²) in [7, 11) is 1.53. The van der Waals surface area contributed by atoms with E-state index in [2.05, 4.69) is 5.32 Å². The Morgan fingerprint density at radius 2 is 2.24 bits per heavy atom. The van der Waals surface area contributed by atoms with Crippen LogP contribution >= 0.6 is 0 Å². The molecule has 0 fully saturated rings. The SMILES string of the molecule is COCC(O)CCNCc1cccc(F)c1O. The standard InChI is InChI=1S/C12H18FNO3/c1-17-8-10(15)5-6-14-7-9-3-2-4-11(13)12(9)16/h2-4,10,14-16H,5-8H2,1H3. The van der Waals surface area contributed by atoms with Crippen molar-refractivity contribution in [1.29, 1.82) is 0 Å². The van der Waals surface area contributed by atoms with Crippen LogP contribution in [0.15, 0.2) is 18.2 Å². The summed E-state index contributed by atoms with van der Waals surface area (Å²) in [6.45, 7) is 1.23. The molecule has 0 aromatic heterocycles. The van der Waals surface area contributed by atoms with Crippen LogP contribution < -0.4 is 5.32 Å². The van der Waals surface area contributed by atoms with Crippen molar-refractivity contribution in [3.05, 3.63) is 29.6 Å². The van der Waals surface area contributed by atoms with Crippen molar-refractivity contribution < 1.29 is 19.3 Å². The fraction of sp³-hybridized carbons (Fsp3) is 0.500. The fourth-order valence-electron chi connectivity index (χ4n) is 1.47. The molecule has 0 amide bonds. The monoisotopic (exact) mass is 243 g/mol. The number of phenols is 1. The Bertz CT molecular complexity index is 347. The van der Waals surface area contributed by atoms with Gasteiger partial charge in [-0.15, -0.1) is 0 Å². The molecule has 1 unspecified atom stereocenters. The lowest BCUT2D eigenvalue weighted by Crippen LogP contribution is -2.23. The molecule has 0 saturated carbocycles. The number of rotatable bonds is 7. The van der Waals surface area contributed by atoms with Crippen molar-refractivity contribution in [3.63, 3.8) is 0 Å². The Morgan fingerprint density at radius 3 is 2.94 bits per heavy atom. The zero-order valence-corrected chi connectivity index (χ0v) is 9.82. The van der Waals surface area contributed by atoms with Crippen LogP contribution in [0.1, 0.15) is 12.0 Å². The summed E-state index contributed by atoms with van der Waals surface area (Å²) < 4.78 is 17.8. The molecule has 4 nitrogen and oxygen atoms in total. The molecule has 0 radical (unpaired) electrons. The number of hydrogen-bond donors (Lipinski definition) is 3. The molecule has 1 rings (SSSR count). The highest BCUT2D eigenvalue weighted by Gasteiger charge is 2.06. The second-order valence-electron chi connectivity index (χ2n) is 3.82. The summed E-state index contributed by atoms with van der Waals surface area (Å²) in [5, 5.41) is 21.8. The van der Waals surface area contributed by atoms with Gasteiger partial charge in [-0.2, -0.15) is 0 Å². The van der Waals surface area contributed by atoms with Crippen molar-refractivity contribution in [2.45, 2.75) is 19.1 Å². The normalized spacial score (nSPS) is 12.6. The van der Waals surface area contributed by atoms with Crippen LogP contribution in [0, 0.1) is 5.82 Å². The number of halogens is 1. The molecule has 1 aromatic carbocycles. The predicted molar refractivity (Wildman–Crippen MR) is 62.3 cm³/mol. The van der Waals surface area contributed by atoms with E-state index in [1.807, 2.05) is 0 Å². The van der Waals surface area contributed by atoms with E-state index in [4.69, 9.17) is 4.74 Å². The minimum absolute atomic E-state index is 0.299. The summed E-state index contributed by atoms with van der Waals surface area (Å²) in [6, 6.07) is 4.41. The highest BCUT2D eigenvalue weighted by atomic mass is 19.1. The Labute approximate surface area is 100 Å². The van der Waals surface area contributed by atoms with Crippen LogP contribution in [-0.4, -0.2) is 36.6 Å². The smallest absolute Gasteiger partial charge is 0.165 e. The molecule has 0 aliphatic heterocycles. The number of hydrogen-bond acceptors (Lipinski definition) is 4. The van der Waals surface area contributed by atoms with Gasteiger partial charge < -0.3 is 20.3 Å². The van der Waals surface area contributed by atoms with E-state index < -0.39 is 11.9 Å². The number of methoxy groups -OCH3 is 1. The molecule has 1 aromatic rings. The second kappa shape index (κ2) is 7.21. The molecular formula is C12H18FNO3. The maximum absolute atomic E-state index is 13.0. The Hall–Kier alpha value is -1.17. The van der Waals surface area contributed by atoms with Crippen molar-refractivity contribution >= 4 is 0 Å². The van der Waals surface area contributed by atoms with E-state index in [0.29, 0.717) is 31.7 Å². The van der Waals surface area contributed by atoms with Gasteiger partial charge in [0.05, 0.1) is 12.7 Å². The molecule has 0 bridgehead atoms. The highest BCUT2D eigenvalue weighted by molar-refractivity contribution is 5.33. The van der Waals surface area contributed by atoms with E-state index in [9.17, 15) is 14.6 Å². The summed E-state index contributed by atoms with van der Waals surface area (Å²) >= 11 is 0. The van der Waals surface area contributed by atoms with Gasteiger partial charge in [0.2, 0.25) is 0 Å². The molecule has 3 N–H and O–H groups in total. The lowest BCUT2D eigenvalue weighted by atomic mass is 10.2. The lowest BCUT2D eigenvalue weighted by molar-refractivity contribution is 0.0594. The van der Waals surface area contributed by atoms with Gasteiger partial charge in [0.25, 0.3) is 0 Å². The second-order valence-corrected chi connectivity index (χ2v) is 3.82. The summed E-state index contributed by atoms with van der Waals surface area (Å²) in [5.74, 6) is -0.943. The molecule has 0 spiro atoms. The van der Waals surface area contributed by atoms with Crippen LogP contribution in [0.4, 0.5) is 4.39 Å². The average molecular weight is 243 g/mol. The Balaban J connectivity index is 2.29. The number of para-hydroxylation sites is 1. The van der Waals surface area contributed by atoms with Crippen LogP contribution in [-0.2, 0) is 11.3 Å². The number of aliphatic hydroxyl groups excluding tert-OH is 1. The van der Waals surface area contributed by atoms with Crippen LogP contribution in [0.5, 0.6) is 5.75 Å². The molecule has 17 heavy (non-hydrogen) atoms. The molecular weight excluding hydrogens is 225 g/mol. The topological polar surface area (TPSA) is 61.7 Å². The number of nitrogens with one attached hydrogen (secondary N) is 1. The zero-order chi connectivity index (χ0) is 12.7. The molecule has 1 atom stereocenters. The van der Waals surface area contributed by atoms with Crippen LogP contribution in [0.3, 0.4) is 0 Å². The third-order valence-corrected chi connectivity index (χ3v) is 2.40. The number of aliphatic hydroxyl groups is 1. The van der Waals surface area contributed by atoms with Crippen LogP contribution in [0.25, 0.3) is 0 Å². The van der Waals surface area contributed by atoms with Crippen molar-refractivity contribution in [2.75, 3.05) is 20.3 Å². The molecule has 5 heteroatoms. The molecule has 0 aliphatic carbocycles. The number of phenolic OH excluding ortho intramolecular Hbond substituents is 1. The van der Waals surface area contributed by atoms with Crippen molar-refractivity contribution in [2.24, 2.45) is 0 Å². The van der Waals surface area contributed by atoms with Gasteiger partial charge in [0.15, 0.2) is 11.6 Å². The summed E-state index contributed by atoms with van der Waals surface area (Å²) in [6.07, 6.45) is 0.0396. The minimum atomic E-state index is -0.622. The van der Waals surface area contributed by atoms with E-state index in [-0.39, 0.29) is 5.75 Å². The van der Waals surface area contributed by atoms with Gasteiger partial charge in [-0.05, 0) is 19.0 Å². The number of benzene rings is 1. The Kier molecular flexibility index (Phi) is 5.90. The van der Waals surface area contributed by atoms with Crippen molar-refractivity contribution in [3.8, 4) is 5.75 Å². The Morgan fingerprint density at radius 1 is 1.47 bits per heavy atom. The molecule has 0 saturated heterocycles. The number of ether oxygens (including phenoxy) is 1. The van der Waals surface area contributed by atoms with Gasteiger partial charge >= 0.3 is 0 Å². The lowest BCUT2D eigenvalue weighted by Gasteiger charge is -2.10. The summed E-state index contributed by atoms with van der Waals surface area (Å²) in [5.41, 5.74) is 0.506. The first-order valence-electron chi connectivity index (χ1n) is 5.49. The average Bonchev–Trinajstić information content (AvgIpc) is 2.30. The molecule has 0 heterocycles. The van der Waals surface area contributed by atoms with Gasteiger partial charge in [0.1, 0.15) is 0 Å². The van der Waals surface area contributed by atoms with E-state index in [0.717, 1.165) is 0 Å². The maximum atomic E-state index is 13.0. The van der Waals surface area contributed by atoms with Gasteiger partial charge in [-0.25, -0.2) is 4.39 Å². The third kappa shape index (κ3) is 4.68. The van der Waals surface area contributed by atoms with E-state index in [1.54, 1.807) is 12.1 Å². The van der Waals surface area contributed by atoms with E-state index in [1.165, 1.54) is 13.2 Å². The van der Waals surface area contributed by atoms with E-state index >= 15 is 0 Å². The van der Waals surface area contributed by atoms with Gasteiger partial charge in [0, 0.05) is 19.2 Å². The molecule has 0 aliphatic rings. The highest BCUT2D eigenvalue weighted by Crippen LogP contribution is 2.20. The van der Waals surface area contributed by atoms with Crippen molar-refractivity contribution in [1.82, 2.24) is 5.32 Å².